The summed E-state index contributed by atoms with van der Waals surface area (Å²) >= 11 is 0. The minimum absolute atomic E-state index is 0. The van der Waals surface area contributed by atoms with Crippen LogP contribution in [0.4, 0.5) is 0 Å². The van der Waals surface area contributed by atoms with E-state index in [4.69, 9.17) is 5.73 Å². The van der Waals surface area contributed by atoms with Crippen molar-refractivity contribution in [2.75, 3.05) is 0 Å². The summed E-state index contributed by atoms with van der Waals surface area (Å²) in [7, 11) is 0.750. The van der Waals surface area contributed by atoms with Gasteiger partial charge in [0, 0.05) is 9.52 Å². The Bertz CT molecular complexity index is 738. The van der Waals surface area contributed by atoms with Gasteiger partial charge in [-0.1, -0.05) is 99.2 Å². The Morgan fingerprint density at radius 3 is 1.70 bits per heavy atom. The number of hydrogen-bond acceptors (Lipinski definition) is 0. The van der Waals surface area contributed by atoms with E-state index in [0.717, 1.165) is 15.9 Å². The topological polar surface area (TPSA) is 23.8 Å². The molecule has 0 fully saturated rings. The Morgan fingerprint density at radius 1 is 0.800 bits per heavy atom. The van der Waals surface area contributed by atoms with Gasteiger partial charge in [0.25, 0.3) is 0 Å². The average Bonchev–Trinajstić information content (AvgIpc) is 2.89. The van der Waals surface area contributed by atoms with Crippen molar-refractivity contribution in [2.24, 2.45) is 0 Å². The van der Waals surface area contributed by atoms with E-state index < -0.39 is 0 Å². The van der Waals surface area contributed by atoms with Gasteiger partial charge in [-0.25, -0.2) is 0 Å². The summed E-state index contributed by atoms with van der Waals surface area (Å²) in [5, 5.41) is 0. The van der Waals surface area contributed by atoms with E-state index in [1.54, 1.807) is 0 Å². The molecule has 0 unspecified atom stereocenters. The predicted molar refractivity (Wildman–Crippen MR) is 134 cm³/mol. The van der Waals surface area contributed by atoms with Gasteiger partial charge in [0.15, 0.2) is 0 Å². The molecule has 2 aromatic rings. The minimum Gasteiger partial charge on any atom is -0.673 e. The molecule has 0 heterocycles. The standard InChI is InChI=1S/C21H25.C4H10N.C2H7Si.Zn/c1-20(2,3)16-7-9-18-14(12-16)11-15-13-17(21(4,5)6)8-10-19(15)18;1-4(2,3)5;1-3-2;/h7-10,12H,11H2,1-6H3;5H,1-3H3;3H,1-2H3;/q2*-1;;+2. The van der Waals surface area contributed by atoms with Crippen molar-refractivity contribution in [3.05, 3.63) is 64.4 Å². The van der Waals surface area contributed by atoms with Crippen LogP contribution in [0.1, 0.15) is 84.6 Å². The molecule has 1 aliphatic rings. The molecule has 3 rings (SSSR count). The Balaban J connectivity index is 0.000000809. The zero-order chi connectivity index (χ0) is 22.6. The van der Waals surface area contributed by atoms with Crippen LogP contribution < -0.4 is 0 Å². The van der Waals surface area contributed by atoms with E-state index in [0.29, 0.717) is 0 Å². The molecule has 30 heavy (non-hydrogen) atoms. The molecular formula is C27H42NSiZn. The summed E-state index contributed by atoms with van der Waals surface area (Å²) in [6.07, 6.45) is 1.03. The van der Waals surface area contributed by atoms with Gasteiger partial charge in [-0.15, -0.1) is 16.7 Å². The Kier molecular flexibility index (Phi) is 10.9. The Hall–Kier alpha value is -0.760. The number of hydrogen-bond donors (Lipinski definition) is 0. The third-order valence-electron chi connectivity index (χ3n) is 4.46. The smallest absolute Gasteiger partial charge is 0.673 e. The fourth-order valence-electron chi connectivity index (χ4n) is 3.03. The van der Waals surface area contributed by atoms with E-state index in [1.165, 1.54) is 33.4 Å². The first kappa shape index (κ1) is 29.2. The molecule has 1 aliphatic carbocycles. The predicted octanol–water partition coefficient (Wildman–Crippen LogP) is 8.01. The maximum absolute atomic E-state index is 6.94. The van der Waals surface area contributed by atoms with E-state index in [2.05, 4.69) is 91.0 Å². The van der Waals surface area contributed by atoms with Crippen LogP contribution in [0.15, 0.2) is 30.3 Å². The fourth-order valence-corrected chi connectivity index (χ4v) is 3.03. The number of fused-ring (bicyclic) bond motifs is 3. The zero-order valence-corrected chi connectivity index (χ0v) is 25.5. The maximum Gasteiger partial charge on any atom is 2.00 e. The summed E-state index contributed by atoms with van der Waals surface area (Å²) in [6.45, 7) is 23.6. The van der Waals surface area contributed by atoms with Crippen LogP contribution in [0, 0.1) is 6.07 Å². The van der Waals surface area contributed by atoms with Gasteiger partial charge in [0.1, 0.15) is 0 Å². The van der Waals surface area contributed by atoms with Gasteiger partial charge in [-0.05, 0) is 28.4 Å². The summed E-state index contributed by atoms with van der Waals surface area (Å²) < 4.78 is 0. The van der Waals surface area contributed by atoms with Crippen molar-refractivity contribution in [3.8, 4) is 11.1 Å². The van der Waals surface area contributed by atoms with Crippen molar-refractivity contribution < 1.29 is 19.5 Å². The van der Waals surface area contributed by atoms with E-state index in [1.807, 2.05) is 20.8 Å². The number of rotatable bonds is 0. The SMILES string of the molecule is CC(C)(C)[NH-].CC(C)(C)c1[c-]c2c(cc1)-c1ccc(C(C)(C)C)cc1C2.C[SiH]C.[Zn+2]. The molecule has 3 heteroatoms. The van der Waals surface area contributed by atoms with Gasteiger partial charge in [0.05, 0.1) is 0 Å². The molecule has 2 aromatic carbocycles. The zero-order valence-electron chi connectivity index (χ0n) is 21.4. The monoisotopic (exact) mass is 472 g/mol. The van der Waals surface area contributed by atoms with Gasteiger partial charge in [-0.3, -0.25) is 0 Å². The molecule has 1 radical (unpaired) electrons. The molecule has 0 atom stereocenters. The van der Waals surface area contributed by atoms with Crippen LogP contribution in [0.5, 0.6) is 0 Å². The van der Waals surface area contributed by atoms with Crippen LogP contribution >= 0.6 is 0 Å². The second-order valence-corrected chi connectivity index (χ2v) is 12.3. The third kappa shape index (κ3) is 9.16. The van der Waals surface area contributed by atoms with Crippen LogP contribution in [-0.4, -0.2) is 15.1 Å². The molecule has 0 bridgehead atoms. The first-order valence-electron chi connectivity index (χ1n) is 10.8. The van der Waals surface area contributed by atoms with Gasteiger partial charge in [0.2, 0.25) is 0 Å². The van der Waals surface area contributed by atoms with Crippen LogP contribution in [0.3, 0.4) is 0 Å². The molecule has 0 saturated carbocycles. The summed E-state index contributed by atoms with van der Waals surface area (Å²) in [5.41, 5.74) is 15.4. The molecule has 0 saturated heterocycles. The van der Waals surface area contributed by atoms with Crippen molar-refractivity contribution >= 4 is 9.52 Å². The fraction of sp³-hybridized carbons (Fsp3) is 0.556. The second kappa shape index (κ2) is 11.2. The normalized spacial score (nSPS) is 12.4. The van der Waals surface area contributed by atoms with Gasteiger partial charge < -0.3 is 5.73 Å². The largest absolute Gasteiger partial charge is 2.00 e. The molecule has 0 aromatic heterocycles. The van der Waals surface area contributed by atoms with Crippen molar-refractivity contribution in [1.29, 1.82) is 0 Å². The average molecular weight is 474 g/mol. The maximum atomic E-state index is 6.94. The van der Waals surface area contributed by atoms with Gasteiger partial charge in [-0.2, -0.15) is 23.8 Å². The van der Waals surface area contributed by atoms with Crippen molar-refractivity contribution in [3.63, 3.8) is 0 Å². The van der Waals surface area contributed by atoms with E-state index in [9.17, 15) is 0 Å². The molecule has 0 amide bonds. The minimum atomic E-state index is -0.250. The van der Waals surface area contributed by atoms with Crippen molar-refractivity contribution in [2.45, 2.75) is 98.2 Å². The van der Waals surface area contributed by atoms with Gasteiger partial charge >= 0.3 is 19.5 Å². The Morgan fingerprint density at radius 2 is 1.27 bits per heavy atom. The third-order valence-corrected chi connectivity index (χ3v) is 4.46. The second-order valence-electron chi connectivity index (χ2n) is 11.1. The summed E-state index contributed by atoms with van der Waals surface area (Å²) in [6, 6.07) is 15.2. The first-order chi connectivity index (χ1) is 13.1. The molecule has 0 aliphatic heterocycles. The number of nitrogens with one attached hydrogen (secondary N) is 1. The molecule has 0 spiro atoms. The van der Waals surface area contributed by atoms with Crippen LogP contribution in [-0.2, 0) is 36.7 Å². The van der Waals surface area contributed by atoms with Crippen LogP contribution in [0.25, 0.3) is 16.9 Å². The molecule has 1 nitrogen and oxygen atoms in total. The molecular weight excluding hydrogens is 432 g/mol. The first-order valence-corrected chi connectivity index (χ1v) is 13.1. The molecule has 1 N–H and O–H groups in total. The molecule has 161 valence electrons. The number of benzene rings is 2. The van der Waals surface area contributed by atoms with E-state index in [-0.39, 0.29) is 35.8 Å². The quantitative estimate of drug-likeness (QED) is 0.233. The van der Waals surface area contributed by atoms with Crippen LogP contribution in [0.2, 0.25) is 13.1 Å². The summed E-state index contributed by atoms with van der Waals surface area (Å²) in [5.74, 6) is 0. The van der Waals surface area contributed by atoms with E-state index >= 15 is 0 Å². The van der Waals surface area contributed by atoms with Crippen molar-refractivity contribution in [1.82, 2.24) is 0 Å². The Labute approximate surface area is 202 Å². The summed E-state index contributed by atoms with van der Waals surface area (Å²) in [4.78, 5) is 0.